The number of benzene rings is 2. The molecule has 1 aliphatic carbocycles. The Morgan fingerprint density at radius 2 is 1.72 bits per heavy atom. The molecule has 5 nitrogen and oxygen atoms in total. The van der Waals surface area contributed by atoms with Crippen molar-refractivity contribution in [2.24, 2.45) is 5.10 Å². The number of amides is 1. The van der Waals surface area contributed by atoms with Crippen LogP contribution in [0.25, 0.3) is 0 Å². The Labute approximate surface area is 175 Å². The molecule has 2 aromatic carbocycles. The Bertz CT molecular complexity index is 919. The third-order valence-corrected chi connectivity index (χ3v) is 6.02. The standard InChI is InChI=1S/C23H23ClN2O3/c24-19-10-8-18(9-11-19)23(13-4-5-14-23)22(28)29-16-21(27)26-15-12-20(25-26)17-6-2-1-3-7-17/h1-3,6-11H,4-5,12-16H2. The number of ether oxygens (including phenoxy) is 1. The zero-order chi connectivity index (χ0) is 20.3. The van der Waals surface area contributed by atoms with E-state index in [-0.39, 0.29) is 18.5 Å². The Hall–Kier alpha value is -2.66. The van der Waals surface area contributed by atoms with E-state index in [9.17, 15) is 9.59 Å². The lowest BCUT2D eigenvalue weighted by atomic mass is 9.79. The summed E-state index contributed by atoms with van der Waals surface area (Å²) >= 11 is 6.00. The molecular formula is C23H23ClN2O3. The number of carbonyl (C=O) groups is 2. The van der Waals surface area contributed by atoms with E-state index in [1.807, 2.05) is 42.5 Å². The van der Waals surface area contributed by atoms with Gasteiger partial charge in [0.15, 0.2) is 6.61 Å². The highest BCUT2D eigenvalue weighted by Gasteiger charge is 2.44. The summed E-state index contributed by atoms with van der Waals surface area (Å²) in [5.74, 6) is -0.634. The van der Waals surface area contributed by atoms with Gasteiger partial charge in [-0.2, -0.15) is 5.10 Å². The molecule has 0 unspecified atom stereocenters. The molecule has 0 saturated heterocycles. The first kappa shape index (κ1) is 19.6. The van der Waals surface area contributed by atoms with Crippen LogP contribution in [0, 0.1) is 0 Å². The van der Waals surface area contributed by atoms with Crippen molar-refractivity contribution >= 4 is 29.2 Å². The average Bonchev–Trinajstić information content (AvgIpc) is 3.44. The van der Waals surface area contributed by atoms with Gasteiger partial charge < -0.3 is 4.74 Å². The molecule has 2 aromatic rings. The van der Waals surface area contributed by atoms with E-state index in [0.29, 0.717) is 18.0 Å². The third-order valence-electron chi connectivity index (χ3n) is 5.77. The quantitative estimate of drug-likeness (QED) is 0.689. The number of rotatable bonds is 5. The molecule has 29 heavy (non-hydrogen) atoms. The highest BCUT2D eigenvalue weighted by molar-refractivity contribution is 6.30. The van der Waals surface area contributed by atoms with Crippen molar-refractivity contribution < 1.29 is 14.3 Å². The normalized spacial score (nSPS) is 17.8. The first-order valence-electron chi connectivity index (χ1n) is 9.95. The van der Waals surface area contributed by atoms with Crippen LogP contribution in [-0.2, 0) is 19.7 Å². The van der Waals surface area contributed by atoms with Gasteiger partial charge in [0.25, 0.3) is 5.91 Å². The molecule has 0 atom stereocenters. The number of hydrazone groups is 1. The summed E-state index contributed by atoms with van der Waals surface area (Å²) in [6.45, 7) is 0.211. The fourth-order valence-corrected chi connectivity index (χ4v) is 4.29. The van der Waals surface area contributed by atoms with E-state index in [1.54, 1.807) is 12.1 Å². The zero-order valence-electron chi connectivity index (χ0n) is 16.1. The van der Waals surface area contributed by atoms with Crippen LogP contribution in [0.1, 0.15) is 43.2 Å². The fraction of sp³-hybridized carbons (Fsp3) is 0.348. The summed E-state index contributed by atoms with van der Waals surface area (Å²) in [6.07, 6.45) is 4.06. The largest absolute Gasteiger partial charge is 0.455 e. The molecular weight excluding hydrogens is 388 g/mol. The van der Waals surface area contributed by atoms with Crippen molar-refractivity contribution in [2.45, 2.75) is 37.5 Å². The van der Waals surface area contributed by atoms with Crippen LogP contribution in [0.5, 0.6) is 0 Å². The highest BCUT2D eigenvalue weighted by Crippen LogP contribution is 2.42. The molecule has 1 saturated carbocycles. The summed E-state index contributed by atoms with van der Waals surface area (Å²) in [5.41, 5.74) is 2.10. The van der Waals surface area contributed by atoms with Gasteiger partial charge in [0.1, 0.15) is 0 Å². The van der Waals surface area contributed by atoms with Gasteiger partial charge in [-0.3, -0.25) is 9.59 Å². The van der Waals surface area contributed by atoms with E-state index in [4.69, 9.17) is 16.3 Å². The Balaban J connectivity index is 1.41. The molecule has 1 fully saturated rings. The number of carbonyl (C=O) groups excluding carboxylic acids is 2. The number of nitrogens with zero attached hydrogens (tertiary/aromatic N) is 2. The number of esters is 1. The third kappa shape index (κ3) is 4.06. The number of halogens is 1. The molecule has 0 aromatic heterocycles. The Morgan fingerprint density at radius 3 is 2.41 bits per heavy atom. The first-order chi connectivity index (χ1) is 14.1. The van der Waals surface area contributed by atoms with Crippen molar-refractivity contribution in [3.63, 3.8) is 0 Å². The van der Waals surface area contributed by atoms with Crippen LogP contribution in [0.3, 0.4) is 0 Å². The predicted octanol–water partition coefficient (Wildman–Crippen LogP) is 4.33. The second-order valence-corrected chi connectivity index (χ2v) is 7.99. The van der Waals surface area contributed by atoms with Gasteiger partial charge in [0, 0.05) is 11.4 Å². The summed E-state index contributed by atoms with van der Waals surface area (Å²) in [7, 11) is 0. The zero-order valence-corrected chi connectivity index (χ0v) is 16.9. The lowest BCUT2D eigenvalue weighted by Crippen LogP contribution is -2.37. The summed E-state index contributed by atoms with van der Waals surface area (Å²) in [6, 6.07) is 17.1. The lowest BCUT2D eigenvalue weighted by Gasteiger charge is -2.27. The van der Waals surface area contributed by atoms with Gasteiger partial charge in [0.05, 0.1) is 17.7 Å². The summed E-state index contributed by atoms with van der Waals surface area (Å²) < 4.78 is 5.50. The Morgan fingerprint density at radius 1 is 1.03 bits per heavy atom. The topological polar surface area (TPSA) is 59.0 Å². The molecule has 4 rings (SSSR count). The molecule has 2 aliphatic rings. The van der Waals surface area contributed by atoms with Crippen LogP contribution in [0.15, 0.2) is 59.7 Å². The van der Waals surface area contributed by atoms with Crippen molar-refractivity contribution in [3.05, 3.63) is 70.7 Å². The van der Waals surface area contributed by atoms with Crippen LogP contribution in [-0.4, -0.2) is 35.7 Å². The van der Waals surface area contributed by atoms with Gasteiger partial charge in [-0.15, -0.1) is 0 Å². The minimum atomic E-state index is -0.686. The summed E-state index contributed by atoms with van der Waals surface area (Å²) in [4.78, 5) is 25.5. The first-order valence-corrected chi connectivity index (χ1v) is 10.3. The van der Waals surface area contributed by atoms with Crippen molar-refractivity contribution in [2.75, 3.05) is 13.2 Å². The molecule has 0 spiro atoms. The molecule has 0 N–H and O–H groups in total. The Kier molecular flexibility index (Phi) is 5.67. The van der Waals surface area contributed by atoms with Crippen LogP contribution < -0.4 is 0 Å². The van der Waals surface area contributed by atoms with Crippen LogP contribution in [0.2, 0.25) is 5.02 Å². The van der Waals surface area contributed by atoms with Crippen molar-refractivity contribution in [1.29, 1.82) is 0 Å². The van der Waals surface area contributed by atoms with Crippen molar-refractivity contribution in [1.82, 2.24) is 5.01 Å². The monoisotopic (exact) mass is 410 g/mol. The number of hydrogen-bond donors (Lipinski definition) is 0. The number of hydrogen-bond acceptors (Lipinski definition) is 4. The van der Waals surface area contributed by atoms with Gasteiger partial charge >= 0.3 is 5.97 Å². The van der Waals surface area contributed by atoms with Crippen LogP contribution in [0.4, 0.5) is 0 Å². The SMILES string of the molecule is O=C(COC(=O)C1(c2ccc(Cl)cc2)CCCC1)N1CCC(c2ccccc2)=N1. The minimum Gasteiger partial charge on any atom is -0.455 e. The maximum Gasteiger partial charge on any atom is 0.317 e. The average molecular weight is 411 g/mol. The highest BCUT2D eigenvalue weighted by atomic mass is 35.5. The minimum absolute atomic E-state index is 0.292. The van der Waals surface area contributed by atoms with Gasteiger partial charge in [0.2, 0.25) is 0 Å². The smallest absolute Gasteiger partial charge is 0.317 e. The molecule has 1 amide bonds. The maximum atomic E-state index is 13.0. The van der Waals surface area contributed by atoms with Crippen LogP contribution >= 0.6 is 11.6 Å². The van der Waals surface area contributed by atoms with Gasteiger partial charge in [-0.25, -0.2) is 5.01 Å². The molecule has 1 aliphatic heterocycles. The molecule has 1 heterocycles. The molecule has 0 bridgehead atoms. The second-order valence-electron chi connectivity index (χ2n) is 7.55. The summed E-state index contributed by atoms with van der Waals surface area (Å²) in [5, 5.41) is 6.45. The fourth-order valence-electron chi connectivity index (χ4n) is 4.17. The van der Waals surface area contributed by atoms with Crippen molar-refractivity contribution in [3.8, 4) is 0 Å². The van der Waals surface area contributed by atoms with Gasteiger partial charge in [-0.1, -0.05) is 66.9 Å². The molecule has 6 heteroatoms. The van der Waals surface area contributed by atoms with E-state index in [2.05, 4.69) is 5.10 Å². The van der Waals surface area contributed by atoms with E-state index in [1.165, 1.54) is 5.01 Å². The van der Waals surface area contributed by atoms with E-state index < -0.39 is 5.41 Å². The molecule has 150 valence electrons. The van der Waals surface area contributed by atoms with E-state index in [0.717, 1.165) is 42.5 Å². The predicted molar refractivity (Wildman–Crippen MR) is 112 cm³/mol. The molecule has 0 radical (unpaired) electrons. The van der Waals surface area contributed by atoms with Gasteiger partial charge in [-0.05, 0) is 36.1 Å². The second kappa shape index (κ2) is 8.37. The maximum absolute atomic E-state index is 13.0. The lowest BCUT2D eigenvalue weighted by molar-refractivity contribution is -0.157. The van der Waals surface area contributed by atoms with E-state index >= 15 is 0 Å².